The van der Waals surface area contributed by atoms with Crippen molar-refractivity contribution in [1.29, 1.82) is 0 Å². The molecule has 1 aliphatic rings. The van der Waals surface area contributed by atoms with E-state index in [0.29, 0.717) is 16.8 Å². The summed E-state index contributed by atoms with van der Waals surface area (Å²) in [5, 5.41) is 11.6. The maximum Gasteiger partial charge on any atom is 0.249 e. The number of ether oxygens (including phenoxy) is 1. The van der Waals surface area contributed by atoms with E-state index in [9.17, 15) is 9.59 Å². The van der Waals surface area contributed by atoms with Crippen LogP contribution in [0, 0.1) is 0 Å². The summed E-state index contributed by atoms with van der Waals surface area (Å²) in [7, 11) is 1.59. The molecule has 4 aromatic rings. The lowest BCUT2D eigenvalue weighted by Gasteiger charge is -2.36. The van der Waals surface area contributed by atoms with Crippen molar-refractivity contribution in [2.45, 2.75) is 64.6 Å². The van der Waals surface area contributed by atoms with E-state index in [-0.39, 0.29) is 18.4 Å². The fourth-order valence-corrected chi connectivity index (χ4v) is 5.31. The second-order valence-electron chi connectivity index (χ2n) is 11.0. The van der Waals surface area contributed by atoms with Gasteiger partial charge in [0.05, 0.1) is 12.6 Å². The fraction of sp³-hybridized carbons (Fsp3) is 0.355. The van der Waals surface area contributed by atoms with Crippen LogP contribution in [0.4, 0.5) is 5.69 Å². The summed E-state index contributed by atoms with van der Waals surface area (Å²) in [6.07, 6.45) is 3.96. The van der Waals surface area contributed by atoms with Crippen LogP contribution in [0.25, 0.3) is 11.0 Å². The third-order valence-electron chi connectivity index (χ3n) is 7.02. The highest BCUT2D eigenvalue weighted by Crippen LogP contribution is 2.37. The second-order valence-corrected chi connectivity index (χ2v) is 11.0. The molecule has 0 saturated carbocycles. The smallest absolute Gasteiger partial charge is 0.249 e. The predicted molar refractivity (Wildman–Crippen MR) is 152 cm³/mol. The molecule has 5 rings (SSSR count). The number of rotatable bonds is 7. The number of carbonyl (C=O) groups is 2. The number of aromatic nitrogens is 3. The summed E-state index contributed by atoms with van der Waals surface area (Å²) in [6.45, 7) is 5.75. The van der Waals surface area contributed by atoms with Crippen LogP contribution in [0.1, 0.15) is 56.3 Å². The molecule has 0 saturated heterocycles. The highest BCUT2D eigenvalue weighted by molar-refractivity contribution is 6.02. The Morgan fingerprint density at radius 1 is 1.03 bits per heavy atom. The van der Waals surface area contributed by atoms with Gasteiger partial charge >= 0.3 is 0 Å². The van der Waals surface area contributed by atoms with Crippen molar-refractivity contribution >= 4 is 28.5 Å². The SMILES string of the molecule is COc1cccc([C@@H](C(=O)NC(C)(C)C)N(C(=O)Cn2nnc3ccccc32)c2cccc3c2CCCC3)c1. The normalized spacial score (nSPS) is 13.9. The van der Waals surface area contributed by atoms with Crippen molar-refractivity contribution in [3.63, 3.8) is 0 Å². The van der Waals surface area contributed by atoms with E-state index in [2.05, 4.69) is 21.7 Å². The average molecular weight is 526 g/mol. The minimum atomic E-state index is -0.921. The quantitative estimate of drug-likeness (QED) is 0.367. The minimum absolute atomic E-state index is 0.0621. The zero-order valence-corrected chi connectivity index (χ0v) is 23.0. The van der Waals surface area contributed by atoms with E-state index in [0.717, 1.165) is 42.5 Å². The van der Waals surface area contributed by atoms with Crippen LogP contribution in [0.5, 0.6) is 5.75 Å². The zero-order chi connectivity index (χ0) is 27.6. The standard InChI is InChI=1S/C31H35N5O3/c1-31(2,3)32-30(38)29(22-13-9-14-23(19-22)39-4)36(26-18-10-12-21-11-5-6-15-24(21)26)28(37)20-35-27-17-8-7-16-25(27)33-34-35/h7-10,12-14,16-19,29H,5-6,11,15,20H2,1-4H3,(H,32,38)/t29-/m0/s1. The Kier molecular flexibility index (Phi) is 7.37. The number of amides is 2. The topological polar surface area (TPSA) is 89.4 Å². The van der Waals surface area contributed by atoms with Crippen molar-refractivity contribution in [1.82, 2.24) is 20.3 Å². The molecule has 8 nitrogen and oxygen atoms in total. The summed E-state index contributed by atoms with van der Waals surface area (Å²) in [6, 6.07) is 20.1. The van der Waals surface area contributed by atoms with Crippen LogP contribution in [-0.4, -0.2) is 39.5 Å². The van der Waals surface area contributed by atoms with Crippen molar-refractivity contribution < 1.29 is 14.3 Å². The third kappa shape index (κ3) is 5.65. The number of anilines is 1. The molecule has 0 unspecified atom stereocenters. The number of nitrogens with zero attached hydrogens (tertiary/aromatic N) is 4. The van der Waals surface area contributed by atoms with Gasteiger partial charge in [-0.05, 0) is 93.5 Å². The van der Waals surface area contributed by atoms with Crippen LogP contribution in [0.15, 0.2) is 66.7 Å². The van der Waals surface area contributed by atoms with Gasteiger partial charge in [-0.2, -0.15) is 0 Å². The number of fused-ring (bicyclic) bond motifs is 2. The second kappa shape index (κ2) is 10.9. The number of hydrogen-bond donors (Lipinski definition) is 1. The Morgan fingerprint density at radius 2 is 1.79 bits per heavy atom. The van der Waals surface area contributed by atoms with E-state index < -0.39 is 11.6 Å². The first-order valence-corrected chi connectivity index (χ1v) is 13.4. The van der Waals surface area contributed by atoms with Gasteiger partial charge in [0.1, 0.15) is 23.9 Å². The van der Waals surface area contributed by atoms with Gasteiger partial charge < -0.3 is 10.1 Å². The molecular formula is C31H35N5O3. The summed E-state index contributed by atoms with van der Waals surface area (Å²) < 4.78 is 7.10. The minimum Gasteiger partial charge on any atom is -0.497 e. The third-order valence-corrected chi connectivity index (χ3v) is 7.02. The molecule has 0 bridgehead atoms. The molecule has 1 atom stereocenters. The monoisotopic (exact) mass is 525 g/mol. The summed E-state index contributed by atoms with van der Waals surface area (Å²) in [5.74, 6) is 0.105. The van der Waals surface area contributed by atoms with Gasteiger partial charge in [-0.15, -0.1) is 5.10 Å². The van der Waals surface area contributed by atoms with Gasteiger partial charge in [0.25, 0.3) is 0 Å². The number of carbonyl (C=O) groups excluding carboxylic acids is 2. The molecule has 0 fully saturated rings. The maximum absolute atomic E-state index is 14.4. The average Bonchev–Trinajstić information content (AvgIpc) is 3.33. The van der Waals surface area contributed by atoms with E-state index >= 15 is 0 Å². The lowest BCUT2D eigenvalue weighted by atomic mass is 9.89. The van der Waals surface area contributed by atoms with Gasteiger partial charge in [-0.25, -0.2) is 4.68 Å². The summed E-state index contributed by atoms with van der Waals surface area (Å²) >= 11 is 0. The van der Waals surface area contributed by atoms with E-state index in [4.69, 9.17) is 4.74 Å². The first-order chi connectivity index (χ1) is 18.7. The molecule has 1 N–H and O–H groups in total. The van der Waals surface area contributed by atoms with Gasteiger partial charge in [0.2, 0.25) is 11.8 Å². The van der Waals surface area contributed by atoms with Crippen molar-refractivity contribution in [3.8, 4) is 5.75 Å². The van der Waals surface area contributed by atoms with Crippen LogP contribution >= 0.6 is 0 Å². The Morgan fingerprint density at radius 3 is 2.59 bits per heavy atom. The molecule has 1 aliphatic carbocycles. The lowest BCUT2D eigenvalue weighted by Crippen LogP contribution is -2.50. The summed E-state index contributed by atoms with van der Waals surface area (Å²) in [5.41, 5.74) is 4.75. The number of benzene rings is 3. The van der Waals surface area contributed by atoms with Crippen LogP contribution in [0.2, 0.25) is 0 Å². The molecule has 0 radical (unpaired) electrons. The largest absolute Gasteiger partial charge is 0.497 e. The fourth-order valence-electron chi connectivity index (χ4n) is 5.31. The highest BCUT2D eigenvalue weighted by atomic mass is 16.5. The molecule has 202 valence electrons. The number of para-hydroxylation sites is 1. The molecule has 3 aromatic carbocycles. The van der Waals surface area contributed by atoms with Gasteiger partial charge in [-0.3, -0.25) is 14.5 Å². The molecule has 8 heteroatoms. The Bertz CT molecular complexity index is 1500. The Hall–Kier alpha value is -4.20. The molecule has 0 spiro atoms. The molecule has 1 heterocycles. The highest BCUT2D eigenvalue weighted by Gasteiger charge is 2.36. The van der Waals surface area contributed by atoms with E-state index in [1.165, 1.54) is 5.56 Å². The predicted octanol–water partition coefficient (Wildman–Crippen LogP) is 5.01. The molecule has 0 aliphatic heterocycles. The molecule has 39 heavy (non-hydrogen) atoms. The van der Waals surface area contributed by atoms with Gasteiger partial charge in [-0.1, -0.05) is 41.6 Å². The first-order valence-electron chi connectivity index (χ1n) is 13.4. The number of nitrogens with one attached hydrogen (secondary N) is 1. The van der Waals surface area contributed by atoms with Crippen molar-refractivity contribution in [2.75, 3.05) is 12.0 Å². The van der Waals surface area contributed by atoms with Crippen LogP contribution < -0.4 is 15.0 Å². The summed E-state index contributed by atoms with van der Waals surface area (Å²) in [4.78, 5) is 30.1. The van der Waals surface area contributed by atoms with E-state index in [1.807, 2.05) is 81.4 Å². The number of methoxy groups -OCH3 is 1. The van der Waals surface area contributed by atoms with Gasteiger partial charge in [0.15, 0.2) is 0 Å². The molecule has 1 aromatic heterocycles. The number of aryl methyl sites for hydroxylation is 1. The Balaban J connectivity index is 1.67. The zero-order valence-electron chi connectivity index (χ0n) is 23.0. The van der Waals surface area contributed by atoms with Crippen LogP contribution in [0.3, 0.4) is 0 Å². The van der Waals surface area contributed by atoms with Gasteiger partial charge in [0, 0.05) is 11.2 Å². The van der Waals surface area contributed by atoms with Crippen molar-refractivity contribution in [2.24, 2.45) is 0 Å². The first kappa shape index (κ1) is 26.4. The lowest BCUT2D eigenvalue weighted by molar-refractivity contribution is -0.128. The van der Waals surface area contributed by atoms with E-state index in [1.54, 1.807) is 16.7 Å². The molecular weight excluding hydrogens is 490 g/mol. The van der Waals surface area contributed by atoms with Crippen LogP contribution in [-0.2, 0) is 29.0 Å². The van der Waals surface area contributed by atoms with Crippen molar-refractivity contribution in [3.05, 3.63) is 83.4 Å². The Labute approximate surface area is 229 Å². The maximum atomic E-state index is 14.4. The number of hydrogen-bond acceptors (Lipinski definition) is 5. The molecule has 2 amide bonds.